The van der Waals surface area contributed by atoms with Crippen LogP contribution >= 0.6 is 0 Å². The van der Waals surface area contributed by atoms with Crippen LogP contribution in [-0.2, 0) is 11.3 Å². The molecule has 0 aliphatic heterocycles. The summed E-state index contributed by atoms with van der Waals surface area (Å²) in [6.45, 7) is 0.228. The maximum Gasteiger partial charge on any atom is 0.290 e. The number of carbonyl (C=O) groups is 2. The molecule has 3 aromatic carbocycles. The van der Waals surface area contributed by atoms with E-state index >= 15 is 0 Å². The van der Waals surface area contributed by atoms with Crippen LogP contribution in [0.25, 0.3) is 21.9 Å². The topological polar surface area (TPSA) is 50.0 Å². The molecule has 0 radical (unpaired) electrons. The van der Waals surface area contributed by atoms with Crippen molar-refractivity contribution in [1.29, 1.82) is 0 Å². The average molecular weight is 365 g/mol. The van der Waals surface area contributed by atoms with E-state index in [-0.39, 0.29) is 18.2 Å². The van der Waals surface area contributed by atoms with Gasteiger partial charge >= 0.3 is 0 Å². The zero-order valence-corrected chi connectivity index (χ0v) is 15.1. The first-order valence-corrected chi connectivity index (χ1v) is 9.16. The summed E-state index contributed by atoms with van der Waals surface area (Å²) >= 11 is 0. The molecule has 4 aromatic rings. The molecule has 1 heterocycles. The molecule has 0 saturated heterocycles. The van der Waals surface area contributed by atoms with Gasteiger partial charge in [-0.15, -0.1) is 0 Å². The minimum Gasteiger partial charge on any atom is -0.320 e. The number of fused-ring (bicyclic) bond motifs is 2. The number of pyridine rings is 1. The van der Waals surface area contributed by atoms with E-state index in [2.05, 4.69) is 5.32 Å². The number of hydrogen-bond donors (Lipinski definition) is 1. The van der Waals surface area contributed by atoms with Gasteiger partial charge in [0.1, 0.15) is 0 Å². The van der Waals surface area contributed by atoms with Gasteiger partial charge in [0.05, 0.1) is 0 Å². The fourth-order valence-corrected chi connectivity index (χ4v) is 3.89. The highest BCUT2D eigenvalue weighted by atomic mass is 16.2. The second-order valence-corrected chi connectivity index (χ2v) is 6.86. The van der Waals surface area contributed by atoms with E-state index in [4.69, 9.17) is 0 Å². The van der Waals surface area contributed by atoms with Crippen molar-refractivity contribution in [2.24, 2.45) is 0 Å². The number of nitrogens with one attached hydrogen (secondary N) is 1. The summed E-state index contributed by atoms with van der Waals surface area (Å²) in [6, 6.07) is 22.9. The molecule has 1 amide bonds. The standard InChI is InChI=1S/C24H16N2O2/c27-22(15-26-13-4-1-5-14-26)25-21-12-11-17-16-7-2-3-8-18(16)24(28)20-10-6-9-19(21)23(17)20/h1-14H,15H2/p+1. The molecule has 1 N–H and O–H groups in total. The zero-order chi connectivity index (χ0) is 19.1. The fraction of sp³-hybridized carbons (Fsp3) is 0.0417. The highest BCUT2D eigenvalue weighted by Crippen LogP contribution is 2.41. The van der Waals surface area contributed by atoms with E-state index in [0.29, 0.717) is 11.3 Å². The van der Waals surface area contributed by atoms with Crippen LogP contribution in [0.15, 0.2) is 85.2 Å². The number of aromatic nitrogens is 1. The lowest BCUT2D eigenvalue weighted by atomic mass is 9.82. The lowest BCUT2D eigenvalue weighted by Crippen LogP contribution is -2.39. The van der Waals surface area contributed by atoms with Gasteiger partial charge in [0.15, 0.2) is 18.2 Å². The number of amides is 1. The van der Waals surface area contributed by atoms with Gasteiger partial charge in [0.25, 0.3) is 5.91 Å². The lowest BCUT2D eigenvalue weighted by molar-refractivity contribution is -0.684. The minimum atomic E-state index is -0.112. The van der Waals surface area contributed by atoms with Gasteiger partial charge in [-0.3, -0.25) is 9.59 Å². The maximum absolute atomic E-state index is 13.0. The monoisotopic (exact) mass is 365 g/mol. The van der Waals surface area contributed by atoms with Crippen molar-refractivity contribution in [1.82, 2.24) is 0 Å². The maximum atomic E-state index is 13.0. The molecule has 1 aliphatic carbocycles. The number of anilines is 1. The number of nitrogens with zero attached hydrogens (tertiary/aromatic N) is 1. The average Bonchev–Trinajstić information content (AvgIpc) is 2.73. The van der Waals surface area contributed by atoms with Crippen LogP contribution in [0.1, 0.15) is 15.9 Å². The molecule has 134 valence electrons. The molecule has 28 heavy (non-hydrogen) atoms. The Morgan fingerprint density at radius 2 is 1.50 bits per heavy atom. The van der Waals surface area contributed by atoms with E-state index in [9.17, 15) is 9.59 Å². The Bertz CT molecular complexity index is 1250. The number of benzene rings is 3. The van der Waals surface area contributed by atoms with Gasteiger partial charge in [-0.25, -0.2) is 0 Å². The normalized spacial score (nSPS) is 11.9. The van der Waals surface area contributed by atoms with Crippen molar-refractivity contribution in [2.45, 2.75) is 6.54 Å². The van der Waals surface area contributed by atoms with Crippen molar-refractivity contribution in [3.8, 4) is 11.1 Å². The third kappa shape index (κ3) is 2.58. The fourth-order valence-electron chi connectivity index (χ4n) is 3.89. The molecule has 1 aliphatic rings. The van der Waals surface area contributed by atoms with Gasteiger partial charge in [-0.05, 0) is 17.2 Å². The number of carbonyl (C=O) groups excluding carboxylic acids is 2. The van der Waals surface area contributed by atoms with Crippen molar-refractivity contribution < 1.29 is 14.2 Å². The predicted molar refractivity (Wildman–Crippen MR) is 108 cm³/mol. The van der Waals surface area contributed by atoms with E-state index < -0.39 is 0 Å². The van der Waals surface area contributed by atoms with Gasteiger partial charge in [-0.2, -0.15) is 4.57 Å². The summed E-state index contributed by atoms with van der Waals surface area (Å²) < 4.78 is 1.82. The van der Waals surface area contributed by atoms with Crippen LogP contribution in [-0.4, -0.2) is 11.7 Å². The molecule has 0 atom stereocenters. The third-order valence-electron chi connectivity index (χ3n) is 5.12. The summed E-state index contributed by atoms with van der Waals surface area (Å²) in [5.41, 5.74) is 4.08. The molecule has 0 unspecified atom stereocenters. The largest absolute Gasteiger partial charge is 0.320 e. The highest BCUT2D eigenvalue weighted by Gasteiger charge is 2.25. The second-order valence-electron chi connectivity index (χ2n) is 6.86. The van der Waals surface area contributed by atoms with Crippen molar-refractivity contribution in [3.05, 3.63) is 96.3 Å². The lowest BCUT2D eigenvalue weighted by Gasteiger charge is -2.21. The van der Waals surface area contributed by atoms with Crippen LogP contribution in [0.3, 0.4) is 0 Å². The smallest absolute Gasteiger partial charge is 0.290 e. The number of ketones is 1. The van der Waals surface area contributed by atoms with Gasteiger partial charge < -0.3 is 5.32 Å². The Morgan fingerprint density at radius 3 is 2.32 bits per heavy atom. The summed E-state index contributed by atoms with van der Waals surface area (Å²) in [5, 5.41) is 4.78. The van der Waals surface area contributed by atoms with Crippen molar-refractivity contribution in [3.63, 3.8) is 0 Å². The van der Waals surface area contributed by atoms with Crippen LogP contribution in [0, 0.1) is 0 Å². The highest BCUT2D eigenvalue weighted by molar-refractivity contribution is 6.27. The van der Waals surface area contributed by atoms with Crippen molar-refractivity contribution >= 4 is 28.2 Å². The first-order chi connectivity index (χ1) is 13.7. The SMILES string of the molecule is O=C(C[n+]1ccccc1)Nc1ccc2c3c(cccc13)C(=O)c1ccccc1-2. The summed E-state index contributed by atoms with van der Waals surface area (Å²) in [4.78, 5) is 25.5. The Balaban J connectivity index is 1.59. The van der Waals surface area contributed by atoms with E-state index in [0.717, 1.165) is 27.5 Å². The van der Waals surface area contributed by atoms with Crippen LogP contribution in [0.5, 0.6) is 0 Å². The van der Waals surface area contributed by atoms with Gasteiger partial charge in [0, 0.05) is 39.7 Å². The molecule has 0 saturated carbocycles. The number of rotatable bonds is 3. The Hall–Kier alpha value is -3.79. The molecular weight excluding hydrogens is 348 g/mol. The van der Waals surface area contributed by atoms with Crippen LogP contribution in [0.4, 0.5) is 5.69 Å². The Labute approximate surface area is 162 Å². The van der Waals surface area contributed by atoms with E-state index in [1.165, 1.54) is 0 Å². The molecule has 4 nitrogen and oxygen atoms in total. The molecular formula is C24H17N2O2+. The van der Waals surface area contributed by atoms with Gasteiger partial charge in [-0.1, -0.05) is 54.6 Å². The zero-order valence-electron chi connectivity index (χ0n) is 15.1. The molecule has 0 bridgehead atoms. The molecule has 0 spiro atoms. The summed E-state index contributed by atoms with van der Waals surface area (Å²) in [7, 11) is 0. The Kier molecular flexibility index (Phi) is 3.76. The first-order valence-electron chi connectivity index (χ1n) is 9.16. The van der Waals surface area contributed by atoms with Gasteiger partial charge in [0.2, 0.25) is 6.54 Å². The predicted octanol–water partition coefficient (Wildman–Crippen LogP) is 3.98. The first kappa shape index (κ1) is 16.4. The molecule has 1 aromatic heterocycles. The molecule has 0 fully saturated rings. The quantitative estimate of drug-likeness (QED) is 0.492. The molecule has 5 rings (SSSR count). The second kappa shape index (κ2) is 6.43. The van der Waals surface area contributed by atoms with Crippen LogP contribution in [0.2, 0.25) is 0 Å². The van der Waals surface area contributed by atoms with E-state index in [1.54, 1.807) is 0 Å². The van der Waals surface area contributed by atoms with Crippen molar-refractivity contribution in [2.75, 3.05) is 5.32 Å². The summed E-state index contributed by atoms with van der Waals surface area (Å²) in [6.07, 6.45) is 3.71. The minimum absolute atomic E-state index is 0.0250. The Morgan fingerprint density at radius 1 is 0.750 bits per heavy atom. The molecule has 4 heteroatoms. The third-order valence-corrected chi connectivity index (χ3v) is 5.12. The van der Waals surface area contributed by atoms with E-state index in [1.807, 2.05) is 89.8 Å². The summed E-state index contributed by atoms with van der Waals surface area (Å²) in [5.74, 6) is -0.0866. The number of hydrogen-bond acceptors (Lipinski definition) is 2. The van der Waals surface area contributed by atoms with Crippen LogP contribution < -0.4 is 9.88 Å².